The fourth-order valence-electron chi connectivity index (χ4n) is 4.42. The van der Waals surface area contributed by atoms with Crippen LogP contribution in [0.2, 0.25) is 0 Å². The van der Waals surface area contributed by atoms with E-state index in [-0.39, 0.29) is 17.7 Å². The molecule has 0 saturated carbocycles. The van der Waals surface area contributed by atoms with E-state index < -0.39 is 29.7 Å². The monoisotopic (exact) mass is 541 g/mol. The van der Waals surface area contributed by atoms with Crippen LogP contribution in [-0.4, -0.2) is 46.2 Å². The van der Waals surface area contributed by atoms with Gasteiger partial charge in [0, 0.05) is 17.5 Å². The van der Waals surface area contributed by atoms with Gasteiger partial charge >= 0.3 is 6.09 Å². The highest BCUT2D eigenvalue weighted by Crippen LogP contribution is 2.30. The number of carbonyl (C=O) groups excluding carboxylic acids is 3. The normalized spacial score (nSPS) is 13.7. The number of carbonyl (C=O) groups is 3. The minimum Gasteiger partial charge on any atom is -0.444 e. The van der Waals surface area contributed by atoms with Crippen molar-refractivity contribution in [3.63, 3.8) is 0 Å². The van der Waals surface area contributed by atoms with Gasteiger partial charge in [-0.15, -0.1) is 0 Å². The van der Waals surface area contributed by atoms with E-state index in [1.807, 2.05) is 77.9 Å². The van der Waals surface area contributed by atoms with Gasteiger partial charge in [0.1, 0.15) is 17.7 Å². The summed E-state index contributed by atoms with van der Waals surface area (Å²) in [6.45, 7) is 16.9. The lowest BCUT2D eigenvalue weighted by molar-refractivity contribution is -0.142. The Morgan fingerprint density at radius 2 is 1.55 bits per heavy atom. The average Bonchev–Trinajstić information content (AvgIpc) is 2.80. The number of anilines is 1. The summed E-state index contributed by atoms with van der Waals surface area (Å²) in [7, 11) is 0. The molecule has 0 saturated heterocycles. The fourth-order valence-corrected chi connectivity index (χ4v) is 4.67. The summed E-state index contributed by atoms with van der Waals surface area (Å²) in [4.78, 5) is 42.3. The van der Waals surface area contributed by atoms with Gasteiger partial charge in [-0.2, -0.15) is 12.6 Å². The third-order valence-electron chi connectivity index (χ3n) is 6.31. The molecule has 0 bridgehead atoms. The molecule has 0 aromatic heterocycles. The summed E-state index contributed by atoms with van der Waals surface area (Å²) in [5.74, 6) is -0.680. The molecule has 0 aliphatic carbocycles. The Labute approximate surface area is 233 Å². The predicted octanol–water partition coefficient (Wildman–Crippen LogP) is 6.05. The summed E-state index contributed by atoms with van der Waals surface area (Å²) in [5, 5.41) is 5.75. The molecule has 0 heterocycles. The minimum absolute atomic E-state index is 0.0447. The summed E-state index contributed by atoms with van der Waals surface area (Å²) in [6.07, 6.45) is -0.105. The molecule has 0 aliphatic rings. The van der Waals surface area contributed by atoms with Crippen molar-refractivity contribution in [1.82, 2.24) is 10.2 Å². The summed E-state index contributed by atoms with van der Waals surface area (Å²) >= 11 is 4.36. The van der Waals surface area contributed by atoms with E-state index in [9.17, 15) is 14.4 Å². The molecule has 0 fully saturated rings. The van der Waals surface area contributed by atoms with E-state index in [2.05, 4.69) is 23.3 Å². The molecule has 7 nitrogen and oxygen atoms in total. The van der Waals surface area contributed by atoms with E-state index in [0.717, 1.165) is 27.9 Å². The molecule has 38 heavy (non-hydrogen) atoms. The van der Waals surface area contributed by atoms with E-state index in [4.69, 9.17) is 4.74 Å². The van der Waals surface area contributed by atoms with Gasteiger partial charge in [0.15, 0.2) is 0 Å². The number of thiol groups is 1. The zero-order valence-corrected chi connectivity index (χ0v) is 25.0. The number of para-hydroxylation sites is 1. The van der Waals surface area contributed by atoms with Crippen LogP contribution in [0.1, 0.15) is 74.9 Å². The predicted molar refractivity (Wildman–Crippen MR) is 157 cm³/mol. The molecule has 3 unspecified atom stereocenters. The minimum atomic E-state index is -0.983. The summed E-state index contributed by atoms with van der Waals surface area (Å²) < 4.78 is 5.38. The van der Waals surface area contributed by atoms with Gasteiger partial charge in [0.25, 0.3) is 5.91 Å². The molecule has 3 atom stereocenters. The van der Waals surface area contributed by atoms with Crippen LogP contribution in [0.15, 0.2) is 36.4 Å². The van der Waals surface area contributed by atoms with Crippen LogP contribution in [0, 0.1) is 27.7 Å². The molecule has 3 amide bonds. The number of rotatable bonds is 9. The Bertz CT molecular complexity index is 1120. The van der Waals surface area contributed by atoms with Crippen molar-refractivity contribution < 1.29 is 19.1 Å². The molecule has 2 aromatic rings. The zero-order valence-electron chi connectivity index (χ0n) is 24.1. The van der Waals surface area contributed by atoms with E-state index >= 15 is 0 Å². The molecule has 0 spiro atoms. The topological polar surface area (TPSA) is 87.7 Å². The van der Waals surface area contributed by atoms with Crippen molar-refractivity contribution in [2.75, 3.05) is 11.1 Å². The molecule has 8 heteroatoms. The maximum Gasteiger partial charge on any atom is 0.408 e. The molecule has 208 valence electrons. The van der Waals surface area contributed by atoms with Crippen LogP contribution in [-0.2, 0) is 14.3 Å². The number of ether oxygens (including phenoxy) is 1. The Morgan fingerprint density at radius 1 is 1.00 bits per heavy atom. The second-order valence-corrected chi connectivity index (χ2v) is 11.3. The second-order valence-electron chi connectivity index (χ2n) is 11.0. The maximum absolute atomic E-state index is 14.1. The largest absolute Gasteiger partial charge is 0.444 e. The van der Waals surface area contributed by atoms with Gasteiger partial charge in [0.2, 0.25) is 5.91 Å². The number of aryl methyl sites for hydroxylation is 4. The van der Waals surface area contributed by atoms with Gasteiger partial charge in [-0.1, -0.05) is 54.4 Å². The third-order valence-corrected chi connectivity index (χ3v) is 6.67. The Morgan fingerprint density at radius 3 is 2.03 bits per heavy atom. The van der Waals surface area contributed by atoms with E-state index in [1.54, 1.807) is 25.7 Å². The van der Waals surface area contributed by atoms with Crippen LogP contribution in [0.5, 0.6) is 0 Å². The van der Waals surface area contributed by atoms with Gasteiger partial charge in [-0.25, -0.2) is 4.79 Å². The van der Waals surface area contributed by atoms with Gasteiger partial charge in [-0.05, 0) is 78.5 Å². The van der Waals surface area contributed by atoms with Gasteiger partial charge in [-0.3, -0.25) is 9.59 Å². The van der Waals surface area contributed by atoms with Crippen LogP contribution in [0.25, 0.3) is 0 Å². The fraction of sp³-hybridized carbons (Fsp3) is 0.500. The van der Waals surface area contributed by atoms with Crippen LogP contribution < -0.4 is 10.6 Å². The molecular weight excluding hydrogens is 498 g/mol. The number of amides is 3. The zero-order chi connectivity index (χ0) is 28.8. The van der Waals surface area contributed by atoms with Crippen molar-refractivity contribution in [3.8, 4) is 0 Å². The van der Waals surface area contributed by atoms with Gasteiger partial charge < -0.3 is 20.3 Å². The first-order valence-electron chi connectivity index (χ1n) is 13.1. The lowest BCUT2D eigenvalue weighted by Crippen LogP contribution is -2.55. The highest BCUT2D eigenvalue weighted by atomic mass is 32.1. The Balaban J connectivity index is 2.60. The number of hydrogen-bond donors (Lipinski definition) is 3. The number of nitrogens with zero attached hydrogens (tertiary/aromatic N) is 1. The number of alkyl carbamates (subject to hydrolysis) is 1. The SMILES string of the molecule is CCC(C)N(C(=O)C(CS)NC(=O)OC(C)(C)C)C(C(=O)Nc1c(C)cccc1C)c1cc(C)cc(C)c1. The third kappa shape index (κ3) is 8.25. The smallest absolute Gasteiger partial charge is 0.408 e. The van der Waals surface area contributed by atoms with Crippen molar-refractivity contribution in [2.45, 2.75) is 92.5 Å². The second kappa shape index (κ2) is 13.2. The highest BCUT2D eigenvalue weighted by Gasteiger charge is 2.38. The number of hydrogen-bond acceptors (Lipinski definition) is 5. The first-order chi connectivity index (χ1) is 17.7. The van der Waals surface area contributed by atoms with Gasteiger partial charge in [0.05, 0.1) is 0 Å². The molecule has 2 N–H and O–H groups in total. The summed E-state index contributed by atoms with van der Waals surface area (Å²) in [5.41, 5.74) is 4.53. The summed E-state index contributed by atoms with van der Waals surface area (Å²) in [6, 6.07) is 9.49. The Hall–Kier alpha value is -3.00. The van der Waals surface area contributed by atoms with Crippen LogP contribution >= 0.6 is 12.6 Å². The number of nitrogens with one attached hydrogen (secondary N) is 2. The first kappa shape index (κ1) is 31.2. The number of benzene rings is 2. The molecule has 2 aromatic carbocycles. The standard InChI is InChI=1S/C30H43N3O4S/c1-10-22(6)33(28(35)24(17-38)31-29(36)37-30(7,8)9)26(23-15-18(2)14-19(3)16-23)27(34)32-25-20(4)12-11-13-21(25)5/h11-16,22,24,26,38H,10,17H2,1-9H3,(H,31,36)(H,32,34). The van der Waals surface area contributed by atoms with Crippen molar-refractivity contribution >= 4 is 36.2 Å². The molecule has 2 rings (SSSR count). The Kier molecular flexibility index (Phi) is 10.8. The van der Waals surface area contributed by atoms with Crippen molar-refractivity contribution in [1.29, 1.82) is 0 Å². The van der Waals surface area contributed by atoms with E-state index in [0.29, 0.717) is 12.0 Å². The quantitative estimate of drug-likeness (QED) is 0.337. The van der Waals surface area contributed by atoms with Crippen LogP contribution in [0.4, 0.5) is 10.5 Å². The molecule has 0 aliphatic heterocycles. The average molecular weight is 542 g/mol. The van der Waals surface area contributed by atoms with E-state index in [1.165, 1.54) is 0 Å². The van der Waals surface area contributed by atoms with Crippen LogP contribution in [0.3, 0.4) is 0 Å². The first-order valence-corrected chi connectivity index (χ1v) is 13.7. The lowest BCUT2D eigenvalue weighted by atomic mass is 9.96. The molecular formula is C30H43N3O4S. The highest BCUT2D eigenvalue weighted by molar-refractivity contribution is 7.80. The lowest BCUT2D eigenvalue weighted by Gasteiger charge is -2.38. The molecule has 0 radical (unpaired) electrons. The van der Waals surface area contributed by atoms with Crippen molar-refractivity contribution in [3.05, 3.63) is 64.2 Å². The maximum atomic E-state index is 14.1. The van der Waals surface area contributed by atoms with Crippen molar-refractivity contribution in [2.24, 2.45) is 0 Å².